The number of esters is 1. The SMILES string of the molecule is CC[C@H](CC[C@@]1(C)[C@H](C)CC[C@]2(C)[C@@H]1CC[C@@H]1C3=C(C(C)C)C(=O)C[C@]3(C(O)c3nnc(-c4ccc(C#N)cn4)n3CCNC)CC[C@]12C)OC(=O)CC(C)(C)C(=O)O. The highest BCUT2D eigenvalue weighted by Crippen LogP contribution is 2.76. The van der Waals surface area contributed by atoms with E-state index in [4.69, 9.17) is 4.74 Å². The van der Waals surface area contributed by atoms with E-state index in [1.54, 1.807) is 26.0 Å². The van der Waals surface area contributed by atoms with Crippen molar-refractivity contribution in [2.45, 2.75) is 152 Å². The first-order chi connectivity index (χ1) is 27.7. The first-order valence-electron chi connectivity index (χ1n) is 22.1. The number of aliphatic carboxylic acids is 1. The third kappa shape index (κ3) is 7.47. The maximum absolute atomic E-state index is 14.4. The lowest BCUT2D eigenvalue weighted by atomic mass is 9.35. The minimum absolute atomic E-state index is 0.00595. The molecule has 3 N–H and O–H groups in total. The van der Waals surface area contributed by atoms with Crippen LogP contribution in [0.1, 0.15) is 150 Å². The predicted octanol–water partition coefficient (Wildman–Crippen LogP) is 8.25. The number of aliphatic hydroxyl groups is 1. The maximum Gasteiger partial charge on any atom is 0.309 e. The fourth-order valence-electron chi connectivity index (χ4n) is 12.4. The Morgan fingerprint density at radius 2 is 1.83 bits per heavy atom. The summed E-state index contributed by atoms with van der Waals surface area (Å²) in [4.78, 5) is 43.6. The van der Waals surface area contributed by atoms with Crippen LogP contribution in [0, 0.1) is 62.1 Å². The number of hydrogen-bond donors (Lipinski definition) is 3. The van der Waals surface area contributed by atoms with E-state index in [1.165, 1.54) is 6.20 Å². The number of nitriles is 1. The number of aromatic nitrogens is 4. The van der Waals surface area contributed by atoms with Gasteiger partial charge in [0.1, 0.15) is 24.0 Å². The average molecular weight is 813 g/mol. The highest BCUT2D eigenvalue weighted by atomic mass is 16.5. The van der Waals surface area contributed by atoms with Crippen molar-refractivity contribution in [3.8, 4) is 17.6 Å². The zero-order valence-electron chi connectivity index (χ0n) is 37.2. The molecular formula is C47H68N6O6. The number of carbonyl (C=O) groups is 3. The molecule has 12 heteroatoms. The van der Waals surface area contributed by atoms with Crippen LogP contribution >= 0.6 is 0 Å². The molecule has 0 aliphatic heterocycles. The second kappa shape index (κ2) is 16.5. The molecule has 0 spiro atoms. The number of pyridine rings is 1. The van der Waals surface area contributed by atoms with Gasteiger partial charge in [0, 0.05) is 31.1 Å². The lowest BCUT2D eigenvalue weighted by Gasteiger charge is -2.69. The van der Waals surface area contributed by atoms with E-state index in [1.807, 2.05) is 18.5 Å². The summed E-state index contributed by atoms with van der Waals surface area (Å²) < 4.78 is 7.90. The normalized spacial score (nSPS) is 31.6. The number of carboxylic acids is 1. The van der Waals surface area contributed by atoms with Gasteiger partial charge in [0.2, 0.25) is 0 Å². The molecule has 0 aromatic carbocycles. The van der Waals surface area contributed by atoms with Gasteiger partial charge in [0.15, 0.2) is 17.4 Å². The van der Waals surface area contributed by atoms with Crippen molar-refractivity contribution < 1.29 is 29.3 Å². The minimum Gasteiger partial charge on any atom is -0.481 e. The van der Waals surface area contributed by atoms with E-state index in [-0.39, 0.29) is 52.8 Å². The molecule has 3 saturated carbocycles. The van der Waals surface area contributed by atoms with Gasteiger partial charge in [0.25, 0.3) is 0 Å². The van der Waals surface area contributed by atoms with Crippen molar-refractivity contribution in [3.05, 3.63) is 40.9 Å². The van der Waals surface area contributed by atoms with Gasteiger partial charge in [-0.1, -0.05) is 48.5 Å². The standard InChI is InChI=1S/C47H68N6O6/c1-11-31(59-36(55)25-43(5,6)42(57)58)17-18-44(7)29(4)16-19-46(9)35(44)15-13-32-38-37(28(2)3)34(54)24-47(38,21-20-45(32,46)8)39(56)41-52-51-40(53(41)23-22-49-10)33-14-12-30(26-48)27-50-33/h12,14,27-29,31-32,35,39,49,56H,11,13,15-25H2,1-10H3,(H,57,58)/t29-,31-,32-,35-,39?,44+,45-,46-,47-/m1/s1. The molecule has 0 saturated heterocycles. The highest BCUT2D eigenvalue weighted by molar-refractivity contribution is 6.00. The van der Waals surface area contributed by atoms with E-state index in [9.17, 15) is 29.9 Å². The zero-order valence-corrected chi connectivity index (χ0v) is 37.2. The molecule has 4 aliphatic carbocycles. The maximum atomic E-state index is 14.4. The Kier molecular flexibility index (Phi) is 12.5. The van der Waals surface area contributed by atoms with Crippen LogP contribution in [0.25, 0.3) is 11.5 Å². The molecule has 2 aromatic heterocycles. The number of nitrogens with zero attached hydrogens (tertiary/aromatic N) is 5. The zero-order chi connectivity index (χ0) is 43.3. The molecule has 0 bridgehead atoms. The first kappa shape index (κ1) is 44.6. The fourth-order valence-corrected chi connectivity index (χ4v) is 12.4. The van der Waals surface area contributed by atoms with Crippen molar-refractivity contribution in [1.29, 1.82) is 5.26 Å². The van der Waals surface area contributed by atoms with Crippen LogP contribution < -0.4 is 5.32 Å². The highest BCUT2D eigenvalue weighted by Gasteiger charge is 2.69. The quantitative estimate of drug-likeness (QED) is 0.147. The second-order valence-electron chi connectivity index (χ2n) is 20.2. The molecule has 322 valence electrons. The van der Waals surface area contributed by atoms with Crippen LogP contribution in [0.3, 0.4) is 0 Å². The molecular weight excluding hydrogens is 745 g/mol. The summed E-state index contributed by atoms with van der Waals surface area (Å²) in [5.41, 5.74) is 0.877. The minimum atomic E-state index is -1.19. The van der Waals surface area contributed by atoms with Gasteiger partial charge < -0.3 is 24.8 Å². The van der Waals surface area contributed by atoms with Crippen molar-refractivity contribution in [2.24, 2.45) is 50.7 Å². The van der Waals surface area contributed by atoms with E-state index < -0.39 is 28.9 Å². The van der Waals surface area contributed by atoms with Crippen molar-refractivity contribution in [2.75, 3.05) is 13.6 Å². The number of ether oxygens (including phenoxy) is 1. The van der Waals surface area contributed by atoms with E-state index in [0.29, 0.717) is 60.7 Å². The number of allylic oxidation sites excluding steroid dienone is 1. The molecule has 3 fully saturated rings. The van der Waals surface area contributed by atoms with Gasteiger partial charge in [-0.2, -0.15) is 5.26 Å². The van der Waals surface area contributed by atoms with Gasteiger partial charge in [-0.15, -0.1) is 10.2 Å². The van der Waals surface area contributed by atoms with Crippen LogP contribution in [-0.2, 0) is 25.7 Å². The molecule has 59 heavy (non-hydrogen) atoms. The summed E-state index contributed by atoms with van der Waals surface area (Å²) in [5, 5.41) is 44.3. The summed E-state index contributed by atoms with van der Waals surface area (Å²) >= 11 is 0. The predicted molar refractivity (Wildman–Crippen MR) is 224 cm³/mol. The van der Waals surface area contributed by atoms with Crippen LogP contribution in [0.4, 0.5) is 0 Å². The molecule has 0 amide bonds. The number of nitrogens with one attached hydrogen (secondary N) is 1. The summed E-state index contributed by atoms with van der Waals surface area (Å²) in [6, 6.07) is 5.59. The number of Topliss-reactive ketones (excluding diaryl/α,β-unsaturated/α-hetero) is 1. The third-order valence-electron chi connectivity index (χ3n) is 16.4. The Balaban J connectivity index is 1.33. The van der Waals surface area contributed by atoms with Gasteiger partial charge >= 0.3 is 11.9 Å². The largest absolute Gasteiger partial charge is 0.481 e. The van der Waals surface area contributed by atoms with Crippen molar-refractivity contribution in [3.63, 3.8) is 0 Å². The fraction of sp³-hybridized carbons (Fsp3) is 0.723. The Bertz CT molecular complexity index is 2000. The van der Waals surface area contributed by atoms with Gasteiger partial charge in [-0.25, -0.2) is 0 Å². The van der Waals surface area contributed by atoms with E-state index in [0.717, 1.165) is 56.1 Å². The van der Waals surface area contributed by atoms with Gasteiger partial charge in [-0.05, 0) is 142 Å². The van der Waals surface area contributed by atoms with Crippen molar-refractivity contribution >= 4 is 17.7 Å². The van der Waals surface area contributed by atoms with Crippen molar-refractivity contribution in [1.82, 2.24) is 25.1 Å². The molecule has 12 nitrogen and oxygen atoms in total. The Hall–Kier alpha value is -3.95. The molecule has 9 atom stereocenters. The van der Waals surface area contributed by atoms with Crippen LogP contribution in [0.15, 0.2) is 29.5 Å². The lowest BCUT2D eigenvalue weighted by molar-refractivity contribution is -0.192. The number of ketones is 1. The van der Waals surface area contributed by atoms with Gasteiger partial charge in [-0.3, -0.25) is 19.4 Å². The monoisotopic (exact) mass is 813 g/mol. The summed E-state index contributed by atoms with van der Waals surface area (Å²) in [6.07, 6.45) is 8.21. The van der Waals surface area contributed by atoms with E-state index in [2.05, 4.69) is 68.1 Å². The molecule has 0 radical (unpaired) electrons. The number of carboxylic acid groups (broad SMARTS) is 1. The van der Waals surface area contributed by atoms with Crippen LogP contribution in [-0.4, -0.2) is 67.4 Å². The van der Waals surface area contributed by atoms with E-state index >= 15 is 0 Å². The summed E-state index contributed by atoms with van der Waals surface area (Å²) in [7, 11) is 1.88. The van der Waals surface area contributed by atoms with Crippen LogP contribution in [0.5, 0.6) is 0 Å². The Morgan fingerprint density at radius 1 is 1.10 bits per heavy atom. The second-order valence-corrected chi connectivity index (χ2v) is 20.2. The molecule has 2 aromatic rings. The molecule has 2 heterocycles. The summed E-state index contributed by atoms with van der Waals surface area (Å²) in [5.74, 6) is 0.612. The number of fused-ring (bicyclic) bond motifs is 5. The third-order valence-corrected chi connectivity index (χ3v) is 16.4. The molecule has 4 aliphatic rings. The first-order valence-corrected chi connectivity index (χ1v) is 22.1. The lowest BCUT2D eigenvalue weighted by Crippen LogP contribution is -2.62. The number of likely N-dealkylation sites (N-methyl/N-ethyl adjacent to an activating group) is 1. The number of aliphatic hydroxyl groups excluding tert-OH is 1. The Labute approximate surface area is 351 Å². The van der Waals surface area contributed by atoms with Gasteiger partial charge in [0.05, 0.1) is 17.4 Å². The average Bonchev–Trinajstić information content (AvgIpc) is 3.75. The number of hydrogen-bond acceptors (Lipinski definition) is 10. The van der Waals surface area contributed by atoms with Crippen LogP contribution in [0.2, 0.25) is 0 Å². The summed E-state index contributed by atoms with van der Waals surface area (Å²) in [6.45, 7) is 20.3. The Morgan fingerprint density at radius 3 is 2.44 bits per heavy atom. The molecule has 1 unspecified atom stereocenters. The number of carbonyl (C=O) groups excluding carboxylic acids is 2. The number of rotatable bonds is 15. The topological polar surface area (TPSA) is 180 Å². The molecule has 6 rings (SSSR count). The smallest absolute Gasteiger partial charge is 0.309 e.